The number of esters is 2. The number of benzene rings is 1. The number of methoxy groups -OCH3 is 3. The summed E-state index contributed by atoms with van der Waals surface area (Å²) in [6, 6.07) is 6.05. The number of rotatable bonds is 3. The average molecular weight is 344 g/mol. The molecule has 0 saturated heterocycles. The van der Waals surface area contributed by atoms with Crippen molar-refractivity contribution in [2.24, 2.45) is 11.3 Å². The van der Waals surface area contributed by atoms with Gasteiger partial charge in [-0.3, -0.25) is 9.59 Å². The van der Waals surface area contributed by atoms with Crippen LogP contribution in [-0.2, 0) is 25.5 Å². The van der Waals surface area contributed by atoms with Gasteiger partial charge in [-0.15, -0.1) is 0 Å². The number of carbonyl (C=O) groups excluding carboxylic acids is 2. The number of carbonyl (C=O) groups is 2. The Morgan fingerprint density at radius 3 is 2.48 bits per heavy atom. The van der Waals surface area contributed by atoms with Gasteiger partial charge in [-0.1, -0.05) is 6.07 Å². The van der Waals surface area contributed by atoms with Gasteiger partial charge >= 0.3 is 11.9 Å². The highest BCUT2D eigenvalue weighted by Crippen LogP contribution is 2.53. The third-order valence-electron chi connectivity index (χ3n) is 5.75. The number of hydrogen-bond donors (Lipinski definition) is 0. The van der Waals surface area contributed by atoms with E-state index < -0.39 is 11.3 Å². The largest absolute Gasteiger partial charge is 0.497 e. The summed E-state index contributed by atoms with van der Waals surface area (Å²) >= 11 is 0. The van der Waals surface area contributed by atoms with Gasteiger partial charge in [0.25, 0.3) is 0 Å². The van der Waals surface area contributed by atoms with E-state index in [1.54, 1.807) is 7.11 Å². The monoisotopic (exact) mass is 344 g/mol. The summed E-state index contributed by atoms with van der Waals surface area (Å²) in [4.78, 5) is 25.0. The summed E-state index contributed by atoms with van der Waals surface area (Å²) in [5, 5.41) is 0. The number of allylic oxidation sites excluding steroid dienone is 1. The van der Waals surface area contributed by atoms with E-state index in [1.807, 2.05) is 13.0 Å². The van der Waals surface area contributed by atoms with E-state index in [0.717, 1.165) is 41.7 Å². The molecular weight excluding hydrogens is 320 g/mol. The molecule has 2 aliphatic rings. The molecule has 0 spiro atoms. The highest BCUT2D eigenvalue weighted by Gasteiger charge is 2.53. The molecule has 25 heavy (non-hydrogen) atoms. The first kappa shape index (κ1) is 17.5. The van der Waals surface area contributed by atoms with Gasteiger partial charge in [-0.25, -0.2) is 0 Å². The fourth-order valence-corrected chi connectivity index (χ4v) is 4.39. The van der Waals surface area contributed by atoms with Crippen molar-refractivity contribution in [2.45, 2.75) is 32.6 Å². The minimum Gasteiger partial charge on any atom is -0.497 e. The summed E-state index contributed by atoms with van der Waals surface area (Å²) in [5.74, 6) is -0.391. The third kappa shape index (κ3) is 2.62. The lowest BCUT2D eigenvalue weighted by atomic mass is 9.60. The Labute approximate surface area is 148 Å². The van der Waals surface area contributed by atoms with Gasteiger partial charge in [0.1, 0.15) is 5.75 Å². The molecule has 0 N–H and O–H groups in total. The molecule has 2 atom stereocenters. The third-order valence-corrected chi connectivity index (χ3v) is 5.75. The van der Waals surface area contributed by atoms with Crippen molar-refractivity contribution < 1.29 is 23.8 Å². The van der Waals surface area contributed by atoms with Crippen LogP contribution in [0.4, 0.5) is 0 Å². The lowest BCUT2D eigenvalue weighted by Crippen LogP contribution is -2.46. The van der Waals surface area contributed by atoms with E-state index in [1.165, 1.54) is 19.8 Å². The van der Waals surface area contributed by atoms with Crippen LogP contribution in [0.3, 0.4) is 0 Å². The standard InChI is InChI=1S/C20H24O5/c1-20(19(22)25-4)16-9-5-12-11-13(23-2)6-7-14(12)15(16)8-10-17(20)18(21)24-3/h6-7,11,17H,5,8-10H2,1-4H3/t17-,20-/m1/s1. The smallest absolute Gasteiger partial charge is 0.316 e. The second-order valence-corrected chi connectivity index (χ2v) is 6.79. The van der Waals surface area contributed by atoms with Crippen molar-refractivity contribution in [2.75, 3.05) is 21.3 Å². The van der Waals surface area contributed by atoms with E-state index in [9.17, 15) is 9.59 Å². The van der Waals surface area contributed by atoms with Crippen LogP contribution in [0.2, 0.25) is 0 Å². The van der Waals surface area contributed by atoms with E-state index >= 15 is 0 Å². The number of fused-ring (bicyclic) bond motifs is 2. The van der Waals surface area contributed by atoms with Gasteiger partial charge in [0.05, 0.1) is 32.7 Å². The van der Waals surface area contributed by atoms with Crippen LogP contribution in [0, 0.1) is 11.3 Å². The summed E-state index contributed by atoms with van der Waals surface area (Å²) in [6.07, 6.45) is 2.87. The summed E-state index contributed by atoms with van der Waals surface area (Å²) in [5.41, 5.74) is 3.57. The van der Waals surface area contributed by atoms with Crippen molar-refractivity contribution in [3.8, 4) is 5.75 Å². The van der Waals surface area contributed by atoms with Crippen LogP contribution in [-0.4, -0.2) is 33.3 Å². The fraction of sp³-hybridized carbons (Fsp3) is 0.500. The van der Waals surface area contributed by atoms with Crippen LogP contribution < -0.4 is 4.74 Å². The zero-order valence-corrected chi connectivity index (χ0v) is 15.2. The van der Waals surface area contributed by atoms with Gasteiger partial charge in [0.2, 0.25) is 0 Å². The molecule has 0 unspecified atom stereocenters. The summed E-state index contributed by atoms with van der Waals surface area (Å²) in [6.45, 7) is 1.82. The second-order valence-electron chi connectivity index (χ2n) is 6.79. The maximum absolute atomic E-state index is 12.7. The van der Waals surface area contributed by atoms with Crippen LogP contribution in [0.5, 0.6) is 5.75 Å². The van der Waals surface area contributed by atoms with Crippen LogP contribution in [0.25, 0.3) is 5.57 Å². The molecule has 134 valence electrons. The molecule has 0 heterocycles. The van der Waals surface area contributed by atoms with Gasteiger partial charge in [0, 0.05) is 0 Å². The minimum atomic E-state index is -0.979. The second kappa shape index (κ2) is 6.54. The number of aryl methyl sites for hydroxylation is 1. The highest BCUT2D eigenvalue weighted by atomic mass is 16.5. The summed E-state index contributed by atoms with van der Waals surface area (Å²) < 4.78 is 15.4. The Balaban J connectivity index is 2.15. The molecule has 0 saturated carbocycles. The first-order valence-corrected chi connectivity index (χ1v) is 8.53. The number of hydrogen-bond acceptors (Lipinski definition) is 5. The van der Waals surface area contributed by atoms with E-state index in [0.29, 0.717) is 6.42 Å². The molecule has 0 bridgehead atoms. The van der Waals surface area contributed by atoms with E-state index in [-0.39, 0.29) is 11.9 Å². The van der Waals surface area contributed by atoms with Crippen LogP contribution >= 0.6 is 0 Å². The Hall–Kier alpha value is -2.30. The summed E-state index contributed by atoms with van der Waals surface area (Å²) in [7, 11) is 4.40. The van der Waals surface area contributed by atoms with E-state index in [2.05, 4.69) is 12.1 Å². The van der Waals surface area contributed by atoms with Crippen molar-refractivity contribution in [1.29, 1.82) is 0 Å². The Morgan fingerprint density at radius 2 is 1.84 bits per heavy atom. The molecule has 1 aromatic carbocycles. The Kier molecular flexibility index (Phi) is 4.58. The fourth-order valence-electron chi connectivity index (χ4n) is 4.39. The Bertz CT molecular complexity index is 748. The quantitative estimate of drug-likeness (QED) is 0.788. The lowest BCUT2D eigenvalue weighted by Gasteiger charge is -2.43. The number of ether oxygens (including phenoxy) is 3. The predicted molar refractivity (Wildman–Crippen MR) is 93.1 cm³/mol. The van der Waals surface area contributed by atoms with Crippen LogP contribution in [0.15, 0.2) is 23.8 Å². The predicted octanol–water partition coefficient (Wildman–Crippen LogP) is 3.16. The normalized spacial score (nSPS) is 24.9. The molecule has 2 aliphatic carbocycles. The topological polar surface area (TPSA) is 61.8 Å². The first-order chi connectivity index (χ1) is 12.0. The maximum atomic E-state index is 12.7. The molecule has 3 rings (SSSR count). The SMILES string of the molecule is COC(=O)[C@H]1CCC2=C(CCc3cc(OC)ccc32)[C@@]1(C)C(=O)OC. The average Bonchev–Trinajstić information content (AvgIpc) is 2.66. The molecule has 0 aliphatic heterocycles. The van der Waals surface area contributed by atoms with Crippen molar-refractivity contribution >= 4 is 17.5 Å². The molecule has 0 radical (unpaired) electrons. The van der Waals surface area contributed by atoms with E-state index in [4.69, 9.17) is 14.2 Å². The van der Waals surface area contributed by atoms with Gasteiger partial charge < -0.3 is 14.2 Å². The molecular formula is C20H24O5. The van der Waals surface area contributed by atoms with Crippen LogP contribution in [0.1, 0.15) is 37.3 Å². The first-order valence-electron chi connectivity index (χ1n) is 8.53. The minimum absolute atomic E-state index is 0.347. The highest BCUT2D eigenvalue weighted by molar-refractivity contribution is 5.93. The molecule has 1 aromatic rings. The van der Waals surface area contributed by atoms with Gasteiger partial charge in [-0.2, -0.15) is 0 Å². The lowest BCUT2D eigenvalue weighted by molar-refractivity contribution is -0.163. The zero-order chi connectivity index (χ0) is 18.2. The maximum Gasteiger partial charge on any atom is 0.316 e. The molecule has 0 amide bonds. The van der Waals surface area contributed by atoms with Gasteiger partial charge in [-0.05, 0) is 67.0 Å². The van der Waals surface area contributed by atoms with Crippen molar-refractivity contribution in [3.05, 3.63) is 34.9 Å². The van der Waals surface area contributed by atoms with Gasteiger partial charge in [0.15, 0.2) is 0 Å². The molecule has 5 heteroatoms. The zero-order valence-electron chi connectivity index (χ0n) is 15.2. The van der Waals surface area contributed by atoms with Crippen molar-refractivity contribution in [3.63, 3.8) is 0 Å². The Morgan fingerprint density at radius 1 is 1.08 bits per heavy atom. The molecule has 5 nitrogen and oxygen atoms in total. The molecule has 0 fully saturated rings. The molecule has 0 aromatic heterocycles. The van der Waals surface area contributed by atoms with Crippen molar-refractivity contribution in [1.82, 2.24) is 0 Å².